The number of alkyl carbamates (subject to hydrolysis) is 1. The first-order valence-electron chi connectivity index (χ1n) is 5.98. The van der Waals surface area contributed by atoms with Crippen molar-refractivity contribution in [3.63, 3.8) is 0 Å². The summed E-state index contributed by atoms with van der Waals surface area (Å²) in [6.45, 7) is 2.77. The van der Waals surface area contributed by atoms with Crippen molar-refractivity contribution in [1.82, 2.24) is 10.6 Å². The highest BCUT2D eigenvalue weighted by Crippen LogP contribution is 2.06. The summed E-state index contributed by atoms with van der Waals surface area (Å²) >= 11 is 0. The maximum atomic E-state index is 11.4. The van der Waals surface area contributed by atoms with Crippen LogP contribution >= 0.6 is 0 Å². The van der Waals surface area contributed by atoms with E-state index in [1.54, 1.807) is 0 Å². The number of carbonyl (C=O) groups is 2. The molecule has 2 N–H and O–H groups in total. The van der Waals surface area contributed by atoms with Gasteiger partial charge in [0.15, 0.2) is 0 Å². The van der Waals surface area contributed by atoms with Gasteiger partial charge < -0.3 is 15.4 Å². The van der Waals surface area contributed by atoms with Gasteiger partial charge in [-0.05, 0) is 17.5 Å². The second-order valence-corrected chi connectivity index (χ2v) is 4.19. The number of β-lactam (4-membered cyclic amide) rings is 1. The van der Waals surface area contributed by atoms with Crippen LogP contribution in [0.25, 0.3) is 0 Å². The molecule has 1 atom stereocenters. The van der Waals surface area contributed by atoms with Crippen molar-refractivity contribution >= 4 is 12.0 Å². The van der Waals surface area contributed by atoms with Crippen LogP contribution in [0.2, 0.25) is 0 Å². The molecule has 1 aromatic carbocycles. The molecule has 0 bridgehead atoms. The molecule has 96 valence electrons. The number of amides is 2. The van der Waals surface area contributed by atoms with Crippen LogP contribution in [0.5, 0.6) is 0 Å². The van der Waals surface area contributed by atoms with Gasteiger partial charge in [-0.2, -0.15) is 0 Å². The smallest absolute Gasteiger partial charge is 0.408 e. The third kappa shape index (κ3) is 3.00. The Hall–Kier alpha value is -2.04. The van der Waals surface area contributed by atoms with E-state index in [1.807, 2.05) is 24.3 Å². The van der Waals surface area contributed by atoms with E-state index in [9.17, 15) is 9.59 Å². The van der Waals surface area contributed by atoms with Gasteiger partial charge in [0.05, 0.1) is 0 Å². The number of carbonyl (C=O) groups excluding carboxylic acids is 2. The molecule has 1 aliphatic rings. The van der Waals surface area contributed by atoms with Crippen LogP contribution in [0.15, 0.2) is 24.3 Å². The SMILES string of the molecule is CCc1ccc(COC(=O)NC2CNC2=O)cc1. The Labute approximate surface area is 106 Å². The first-order chi connectivity index (χ1) is 8.69. The van der Waals surface area contributed by atoms with E-state index in [1.165, 1.54) is 5.56 Å². The summed E-state index contributed by atoms with van der Waals surface area (Å²) in [4.78, 5) is 22.3. The molecular formula is C13H16N2O3. The standard InChI is InChI=1S/C13H16N2O3/c1-2-9-3-5-10(6-4-9)8-18-13(17)15-11-7-14-12(11)16/h3-6,11H,2,7-8H2,1H3,(H,14,16)(H,15,17). The summed E-state index contributed by atoms with van der Waals surface area (Å²) in [7, 11) is 0. The van der Waals surface area contributed by atoms with Gasteiger partial charge in [0.2, 0.25) is 5.91 Å². The average molecular weight is 248 g/mol. The predicted octanol–water partition coefficient (Wildman–Crippen LogP) is 0.974. The summed E-state index contributed by atoms with van der Waals surface area (Å²) < 4.78 is 5.03. The first kappa shape index (κ1) is 12.4. The van der Waals surface area contributed by atoms with Crippen LogP contribution in [0.3, 0.4) is 0 Å². The molecule has 5 heteroatoms. The van der Waals surface area contributed by atoms with Crippen molar-refractivity contribution in [1.29, 1.82) is 0 Å². The van der Waals surface area contributed by atoms with Crippen LogP contribution in [0.1, 0.15) is 18.1 Å². The van der Waals surface area contributed by atoms with Gasteiger partial charge in [-0.15, -0.1) is 0 Å². The van der Waals surface area contributed by atoms with E-state index in [0.717, 1.165) is 12.0 Å². The fraction of sp³-hybridized carbons (Fsp3) is 0.385. The zero-order valence-electron chi connectivity index (χ0n) is 10.2. The number of hydrogen-bond acceptors (Lipinski definition) is 3. The zero-order chi connectivity index (χ0) is 13.0. The Morgan fingerprint density at radius 1 is 1.39 bits per heavy atom. The van der Waals surface area contributed by atoms with Crippen LogP contribution in [-0.4, -0.2) is 24.6 Å². The topological polar surface area (TPSA) is 67.4 Å². The lowest BCUT2D eigenvalue weighted by molar-refractivity contribution is -0.128. The summed E-state index contributed by atoms with van der Waals surface area (Å²) in [5.74, 6) is -0.167. The van der Waals surface area contributed by atoms with Gasteiger partial charge in [0.1, 0.15) is 12.6 Å². The van der Waals surface area contributed by atoms with E-state index in [-0.39, 0.29) is 12.5 Å². The predicted molar refractivity (Wildman–Crippen MR) is 65.9 cm³/mol. The Balaban J connectivity index is 1.76. The molecule has 1 aliphatic heterocycles. The maximum Gasteiger partial charge on any atom is 0.408 e. The van der Waals surface area contributed by atoms with Crippen molar-refractivity contribution in [3.8, 4) is 0 Å². The van der Waals surface area contributed by atoms with Crippen molar-refractivity contribution in [2.45, 2.75) is 26.0 Å². The molecule has 0 saturated carbocycles. The summed E-state index contributed by atoms with van der Waals surface area (Å²) in [6, 6.07) is 7.44. The van der Waals surface area contributed by atoms with E-state index < -0.39 is 12.1 Å². The lowest BCUT2D eigenvalue weighted by Gasteiger charge is -2.26. The first-order valence-corrected chi connectivity index (χ1v) is 5.98. The molecule has 5 nitrogen and oxygen atoms in total. The molecule has 0 aliphatic carbocycles. The Morgan fingerprint density at radius 2 is 2.06 bits per heavy atom. The molecule has 1 unspecified atom stereocenters. The lowest BCUT2D eigenvalue weighted by atomic mass is 10.1. The van der Waals surface area contributed by atoms with Crippen molar-refractivity contribution in [2.75, 3.05) is 6.54 Å². The molecule has 0 radical (unpaired) electrons. The monoisotopic (exact) mass is 248 g/mol. The zero-order valence-corrected chi connectivity index (χ0v) is 10.2. The fourth-order valence-electron chi connectivity index (χ4n) is 1.61. The van der Waals surface area contributed by atoms with Gasteiger partial charge >= 0.3 is 6.09 Å². The van der Waals surface area contributed by atoms with E-state index in [2.05, 4.69) is 17.6 Å². The van der Waals surface area contributed by atoms with Crippen LogP contribution in [0, 0.1) is 0 Å². The van der Waals surface area contributed by atoms with Crippen molar-refractivity contribution < 1.29 is 14.3 Å². The fourth-order valence-corrected chi connectivity index (χ4v) is 1.61. The third-order valence-corrected chi connectivity index (χ3v) is 2.89. The molecule has 2 amide bonds. The van der Waals surface area contributed by atoms with Crippen molar-refractivity contribution in [2.24, 2.45) is 0 Å². The minimum Gasteiger partial charge on any atom is -0.445 e. The quantitative estimate of drug-likeness (QED) is 0.780. The maximum absolute atomic E-state index is 11.4. The molecule has 1 aromatic rings. The van der Waals surface area contributed by atoms with Gasteiger partial charge in [-0.3, -0.25) is 4.79 Å². The highest BCUT2D eigenvalue weighted by Gasteiger charge is 2.29. The lowest BCUT2D eigenvalue weighted by Crippen LogP contribution is -2.61. The molecule has 0 spiro atoms. The number of ether oxygens (including phenoxy) is 1. The number of aryl methyl sites for hydroxylation is 1. The van der Waals surface area contributed by atoms with E-state index in [0.29, 0.717) is 6.54 Å². The molecular weight excluding hydrogens is 232 g/mol. The van der Waals surface area contributed by atoms with Gasteiger partial charge in [0.25, 0.3) is 0 Å². The number of rotatable bonds is 4. The van der Waals surface area contributed by atoms with Gasteiger partial charge in [-0.25, -0.2) is 4.79 Å². The van der Waals surface area contributed by atoms with Crippen LogP contribution in [-0.2, 0) is 22.6 Å². The average Bonchev–Trinajstić information content (AvgIpc) is 2.41. The highest BCUT2D eigenvalue weighted by molar-refractivity contribution is 5.90. The second kappa shape index (κ2) is 5.53. The molecule has 2 rings (SSSR count). The third-order valence-electron chi connectivity index (χ3n) is 2.89. The normalized spacial score (nSPS) is 17.6. The van der Waals surface area contributed by atoms with Crippen LogP contribution in [0.4, 0.5) is 4.79 Å². The Bertz CT molecular complexity index is 442. The summed E-state index contributed by atoms with van der Waals surface area (Å²) in [6.07, 6.45) is 0.424. The number of benzene rings is 1. The van der Waals surface area contributed by atoms with Gasteiger partial charge in [-0.1, -0.05) is 31.2 Å². The number of hydrogen-bond donors (Lipinski definition) is 2. The molecule has 1 saturated heterocycles. The molecule has 18 heavy (non-hydrogen) atoms. The van der Waals surface area contributed by atoms with Crippen LogP contribution < -0.4 is 10.6 Å². The van der Waals surface area contributed by atoms with E-state index >= 15 is 0 Å². The van der Waals surface area contributed by atoms with E-state index in [4.69, 9.17) is 4.74 Å². The second-order valence-electron chi connectivity index (χ2n) is 4.19. The Kier molecular flexibility index (Phi) is 3.82. The summed E-state index contributed by atoms with van der Waals surface area (Å²) in [5, 5.41) is 5.03. The van der Waals surface area contributed by atoms with Crippen molar-refractivity contribution in [3.05, 3.63) is 35.4 Å². The molecule has 0 aromatic heterocycles. The molecule has 1 heterocycles. The highest BCUT2D eigenvalue weighted by atomic mass is 16.5. The molecule has 1 fully saturated rings. The van der Waals surface area contributed by atoms with Gasteiger partial charge in [0, 0.05) is 6.54 Å². The Morgan fingerprint density at radius 3 is 2.56 bits per heavy atom. The summed E-state index contributed by atoms with van der Waals surface area (Å²) in [5.41, 5.74) is 2.18. The largest absolute Gasteiger partial charge is 0.445 e. The minimum absolute atomic E-state index is 0.167. The minimum atomic E-state index is -0.561. The number of nitrogens with one attached hydrogen (secondary N) is 2.